The Morgan fingerprint density at radius 3 is 2.45 bits per heavy atom. The Bertz CT molecular complexity index is 874. The second-order valence-electron chi connectivity index (χ2n) is 4.55. The van der Waals surface area contributed by atoms with Crippen LogP contribution in [0.1, 0.15) is 19.9 Å². The van der Waals surface area contributed by atoms with Gasteiger partial charge in [0, 0.05) is 23.7 Å². The van der Waals surface area contributed by atoms with Gasteiger partial charge in [0.05, 0.1) is 0 Å². The molecule has 0 aliphatic carbocycles. The first-order valence-electron chi connectivity index (χ1n) is 5.92. The summed E-state index contributed by atoms with van der Waals surface area (Å²) in [5.74, 6) is 0. The molecule has 2 aromatic rings. The van der Waals surface area contributed by atoms with Gasteiger partial charge < -0.3 is 4.18 Å². The Balaban J connectivity index is 2.60. The van der Waals surface area contributed by atoms with E-state index in [1.54, 1.807) is 13.8 Å². The number of fused-ring (bicyclic) bond motifs is 1. The summed E-state index contributed by atoms with van der Waals surface area (Å²) in [5, 5.41) is 0.352. The number of hydrogen-bond donors (Lipinski definition) is 0. The molecule has 120 valence electrons. The van der Waals surface area contributed by atoms with Crippen molar-refractivity contribution < 1.29 is 25.8 Å². The van der Waals surface area contributed by atoms with E-state index in [4.69, 9.17) is 0 Å². The first-order valence-corrected chi connectivity index (χ1v) is 7.33. The maximum absolute atomic E-state index is 12.3. The lowest BCUT2D eigenvalue weighted by Gasteiger charge is -2.13. The second-order valence-corrected chi connectivity index (χ2v) is 6.09. The van der Waals surface area contributed by atoms with E-state index in [-0.39, 0.29) is 11.7 Å². The molecule has 7 nitrogen and oxygen atoms in total. The van der Waals surface area contributed by atoms with Gasteiger partial charge in [0.25, 0.3) is 5.56 Å². The predicted octanol–water partition coefficient (Wildman–Crippen LogP) is 1.60. The van der Waals surface area contributed by atoms with Gasteiger partial charge in [-0.2, -0.15) is 26.6 Å². The minimum absolute atomic E-state index is 0.0233. The van der Waals surface area contributed by atoms with E-state index >= 15 is 0 Å². The van der Waals surface area contributed by atoms with Crippen LogP contribution in [0.15, 0.2) is 23.1 Å². The third-order valence-electron chi connectivity index (χ3n) is 2.63. The lowest BCUT2D eigenvalue weighted by atomic mass is 10.3. The standard InChI is InChI=1S/C11H10F3N3O4S/c1-6(2)17-8(18)4-3-7-5-15-10(16-9(7)17)21-22(19,20)11(12,13)14/h3-6H,1-2H3. The molecule has 2 heterocycles. The van der Waals surface area contributed by atoms with Gasteiger partial charge in [0.1, 0.15) is 5.65 Å². The van der Waals surface area contributed by atoms with Crippen molar-refractivity contribution in [2.24, 2.45) is 0 Å². The van der Waals surface area contributed by atoms with E-state index in [1.807, 2.05) is 0 Å². The Labute approximate surface area is 122 Å². The van der Waals surface area contributed by atoms with Crippen molar-refractivity contribution in [3.05, 3.63) is 28.7 Å². The molecule has 0 radical (unpaired) electrons. The van der Waals surface area contributed by atoms with Crippen LogP contribution in [0.3, 0.4) is 0 Å². The fourth-order valence-corrected chi connectivity index (χ4v) is 2.08. The first kappa shape index (κ1) is 16.2. The van der Waals surface area contributed by atoms with Crippen LogP contribution < -0.4 is 9.74 Å². The number of rotatable bonds is 3. The average Bonchev–Trinajstić information content (AvgIpc) is 2.35. The Hall–Kier alpha value is -2.17. The zero-order valence-corrected chi connectivity index (χ0v) is 12.1. The zero-order valence-electron chi connectivity index (χ0n) is 11.3. The molecule has 0 amide bonds. The molecule has 0 saturated heterocycles. The van der Waals surface area contributed by atoms with E-state index < -0.39 is 27.2 Å². The molecular formula is C11H10F3N3O4S. The summed E-state index contributed by atoms with van der Waals surface area (Å²) in [6.07, 6.45) is 1.07. The molecule has 0 aliphatic rings. The van der Waals surface area contributed by atoms with Crippen LogP contribution in [0.2, 0.25) is 0 Å². The van der Waals surface area contributed by atoms with E-state index in [0.717, 1.165) is 6.20 Å². The van der Waals surface area contributed by atoms with Crippen molar-refractivity contribution in [3.8, 4) is 6.01 Å². The Kier molecular flexibility index (Phi) is 3.85. The normalized spacial score (nSPS) is 12.8. The van der Waals surface area contributed by atoms with Crippen molar-refractivity contribution in [1.29, 1.82) is 0 Å². The monoisotopic (exact) mass is 337 g/mol. The highest BCUT2D eigenvalue weighted by Crippen LogP contribution is 2.26. The lowest BCUT2D eigenvalue weighted by Crippen LogP contribution is -2.29. The molecule has 0 bridgehead atoms. The van der Waals surface area contributed by atoms with Gasteiger partial charge >= 0.3 is 21.6 Å². The third kappa shape index (κ3) is 2.89. The highest BCUT2D eigenvalue weighted by molar-refractivity contribution is 7.87. The summed E-state index contributed by atoms with van der Waals surface area (Å²) in [6, 6.07) is 1.26. The highest BCUT2D eigenvalue weighted by Gasteiger charge is 2.49. The van der Waals surface area contributed by atoms with Gasteiger partial charge in [-0.3, -0.25) is 9.36 Å². The topological polar surface area (TPSA) is 91.2 Å². The fourth-order valence-electron chi connectivity index (χ4n) is 1.71. The number of alkyl halides is 3. The lowest BCUT2D eigenvalue weighted by molar-refractivity contribution is -0.0502. The Morgan fingerprint density at radius 1 is 1.27 bits per heavy atom. The summed E-state index contributed by atoms with van der Waals surface area (Å²) in [5.41, 5.74) is -6.06. The smallest absolute Gasteiger partial charge is 0.337 e. The average molecular weight is 337 g/mol. The van der Waals surface area contributed by atoms with Gasteiger partial charge in [0.15, 0.2) is 0 Å². The zero-order chi connectivity index (χ0) is 16.7. The van der Waals surface area contributed by atoms with E-state index in [2.05, 4.69) is 14.2 Å². The molecule has 0 aromatic carbocycles. The SMILES string of the molecule is CC(C)n1c(=O)ccc2cnc(OS(=O)(=O)C(F)(F)F)nc21. The molecule has 0 saturated carbocycles. The van der Waals surface area contributed by atoms with Crippen LogP contribution in [0.4, 0.5) is 13.2 Å². The first-order chi connectivity index (χ1) is 10.0. The van der Waals surface area contributed by atoms with Gasteiger partial charge in [0.2, 0.25) is 0 Å². The maximum Gasteiger partial charge on any atom is 0.534 e. The molecule has 0 unspecified atom stereocenters. The number of halogens is 3. The second kappa shape index (κ2) is 5.23. The molecule has 0 atom stereocenters. The number of hydrogen-bond acceptors (Lipinski definition) is 6. The minimum Gasteiger partial charge on any atom is -0.337 e. The number of nitrogens with zero attached hydrogens (tertiary/aromatic N) is 3. The summed E-state index contributed by atoms with van der Waals surface area (Å²) in [7, 11) is -5.88. The minimum atomic E-state index is -5.88. The third-order valence-corrected chi connectivity index (χ3v) is 3.56. The molecule has 0 spiro atoms. The molecule has 0 aliphatic heterocycles. The van der Waals surface area contributed by atoms with Crippen LogP contribution in [0.25, 0.3) is 11.0 Å². The van der Waals surface area contributed by atoms with Crippen molar-refractivity contribution in [2.75, 3.05) is 0 Å². The quantitative estimate of drug-likeness (QED) is 0.624. The number of aromatic nitrogens is 3. The summed E-state index contributed by atoms with van der Waals surface area (Å²) in [4.78, 5) is 18.8. The molecule has 0 N–H and O–H groups in total. The van der Waals surface area contributed by atoms with Crippen molar-refractivity contribution >= 4 is 21.2 Å². The molecule has 11 heteroatoms. The molecule has 2 rings (SSSR count). The van der Waals surface area contributed by atoms with Crippen LogP contribution in [-0.4, -0.2) is 28.5 Å². The van der Waals surface area contributed by atoms with Gasteiger partial charge in [-0.15, -0.1) is 0 Å². The van der Waals surface area contributed by atoms with Crippen LogP contribution >= 0.6 is 0 Å². The highest BCUT2D eigenvalue weighted by atomic mass is 32.2. The summed E-state index contributed by atoms with van der Waals surface area (Å²) in [6.45, 7) is 3.33. The molecular weight excluding hydrogens is 327 g/mol. The molecule has 22 heavy (non-hydrogen) atoms. The van der Waals surface area contributed by atoms with Crippen molar-refractivity contribution in [1.82, 2.24) is 14.5 Å². The van der Waals surface area contributed by atoms with E-state index in [9.17, 15) is 26.4 Å². The van der Waals surface area contributed by atoms with E-state index in [1.165, 1.54) is 16.7 Å². The van der Waals surface area contributed by atoms with Gasteiger partial charge in [-0.1, -0.05) is 0 Å². The van der Waals surface area contributed by atoms with Crippen molar-refractivity contribution in [3.63, 3.8) is 0 Å². The van der Waals surface area contributed by atoms with Crippen LogP contribution in [-0.2, 0) is 10.1 Å². The van der Waals surface area contributed by atoms with Gasteiger partial charge in [-0.25, -0.2) is 4.98 Å². The maximum atomic E-state index is 12.3. The molecule has 2 aromatic heterocycles. The number of pyridine rings is 1. The fraction of sp³-hybridized carbons (Fsp3) is 0.364. The molecule has 0 fully saturated rings. The predicted molar refractivity (Wildman–Crippen MR) is 69.8 cm³/mol. The van der Waals surface area contributed by atoms with Crippen molar-refractivity contribution in [2.45, 2.75) is 25.4 Å². The van der Waals surface area contributed by atoms with E-state index in [0.29, 0.717) is 5.39 Å². The van der Waals surface area contributed by atoms with Gasteiger partial charge in [-0.05, 0) is 19.9 Å². The summed E-state index contributed by atoms with van der Waals surface area (Å²) < 4.78 is 63.8. The van der Waals surface area contributed by atoms with Crippen LogP contribution in [0.5, 0.6) is 6.01 Å². The Morgan fingerprint density at radius 2 is 1.91 bits per heavy atom. The largest absolute Gasteiger partial charge is 0.534 e. The van der Waals surface area contributed by atoms with Crippen LogP contribution in [0, 0.1) is 0 Å². The summed E-state index contributed by atoms with van der Waals surface area (Å²) >= 11 is 0.